The maximum Gasteiger partial charge on any atom is 0.319 e. The van der Waals surface area contributed by atoms with Crippen molar-refractivity contribution in [3.8, 4) is 11.7 Å². The number of hydrogen-bond acceptors (Lipinski definition) is 6. The molecule has 0 aliphatic heterocycles. The van der Waals surface area contributed by atoms with Gasteiger partial charge in [-0.25, -0.2) is 19.4 Å². The number of rotatable bonds is 8. The van der Waals surface area contributed by atoms with Gasteiger partial charge in [0.05, 0.1) is 18.5 Å². The van der Waals surface area contributed by atoms with Gasteiger partial charge in [0.25, 0.3) is 0 Å². The van der Waals surface area contributed by atoms with Gasteiger partial charge >= 0.3 is 6.03 Å². The Hall–Kier alpha value is -3.46. The molecule has 0 radical (unpaired) electrons. The second kappa shape index (κ2) is 9.30. The molecule has 9 heteroatoms. The van der Waals surface area contributed by atoms with E-state index in [1.165, 1.54) is 6.20 Å². The number of amides is 2. The molecule has 0 aliphatic carbocycles. The third-order valence-corrected chi connectivity index (χ3v) is 3.53. The molecule has 9 nitrogen and oxygen atoms in total. The lowest BCUT2D eigenvalue weighted by atomic mass is 10.2. The largest absolute Gasteiger partial charge is 0.475 e. The molecule has 27 heavy (non-hydrogen) atoms. The lowest BCUT2D eigenvalue weighted by molar-refractivity contribution is 0.144. The van der Waals surface area contributed by atoms with E-state index >= 15 is 0 Å². The molecular weight excluding hydrogens is 348 g/mol. The van der Waals surface area contributed by atoms with Crippen molar-refractivity contribution < 1.29 is 14.3 Å². The Morgan fingerprint density at radius 2 is 2.11 bits per heavy atom. The lowest BCUT2D eigenvalue weighted by Crippen LogP contribution is -2.28. The summed E-state index contributed by atoms with van der Waals surface area (Å²) in [4.78, 5) is 20.4. The number of urea groups is 1. The van der Waals surface area contributed by atoms with E-state index < -0.39 is 0 Å². The van der Waals surface area contributed by atoms with Gasteiger partial charge in [0.1, 0.15) is 6.61 Å². The number of carbonyl (C=O) groups excluding carboxylic acids is 1. The fraction of sp³-hybridized carbons (Fsp3) is 0.222. The molecule has 0 bridgehead atoms. The Morgan fingerprint density at radius 3 is 2.85 bits per heavy atom. The van der Waals surface area contributed by atoms with Crippen molar-refractivity contribution in [2.75, 3.05) is 25.6 Å². The van der Waals surface area contributed by atoms with Crippen molar-refractivity contribution in [1.82, 2.24) is 25.1 Å². The monoisotopic (exact) mass is 368 g/mol. The summed E-state index contributed by atoms with van der Waals surface area (Å²) in [5.74, 6) is 1.16. The molecular formula is C18H20N6O3. The first kappa shape index (κ1) is 18.3. The van der Waals surface area contributed by atoms with Gasteiger partial charge in [0, 0.05) is 38.3 Å². The van der Waals surface area contributed by atoms with Crippen molar-refractivity contribution in [3.05, 3.63) is 60.7 Å². The number of aromatic nitrogens is 4. The molecule has 0 saturated heterocycles. The zero-order chi connectivity index (χ0) is 18.9. The van der Waals surface area contributed by atoms with Crippen LogP contribution in [-0.4, -0.2) is 46.1 Å². The number of carbonyl (C=O) groups is 1. The van der Waals surface area contributed by atoms with Crippen molar-refractivity contribution in [2.45, 2.75) is 6.54 Å². The van der Waals surface area contributed by atoms with Crippen LogP contribution in [0.2, 0.25) is 0 Å². The van der Waals surface area contributed by atoms with Crippen LogP contribution in [0.5, 0.6) is 5.88 Å². The van der Waals surface area contributed by atoms with Gasteiger partial charge in [-0.3, -0.25) is 0 Å². The number of nitrogens with zero attached hydrogens (tertiary/aromatic N) is 4. The van der Waals surface area contributed by atoms with Crippen LogP contribution in [0.1, 0.15) is 5.56 Å². The number of methoxy groups -OCH3 is 1. The highest BCUT2D eigenvalue weighted by molar-refractivity contribution is 5.88. The summed E-state index contributed by atoms with van der Waals surface area (Å²) >= 11 is 0. The van der Waals surface area contributed by atoms with Crippen LogP contribution in [-0.2, 0) is 11.3 Å². The van der Waals surface area contributed by atoms with E-state index in [4.69, 9.17) is 9.47 Å². The summed E-state index contributed by atoms with van der Waals surface area (Å²) in [6, 6.07) is 8.59. The summed E-state index contributed by atoms with van der Waals surface area (Å²) < 4.78 is 11.9. The van der Waals surface area contributed by atoms with Crippen LogP contribution in [0.4, 0.5) is 10.5 Å². The number of hydrogen-bond donors (Lipinski definition) is 2. The number of pyridine rings is 2. The third-order valence-electron chi connectivity index (χ3n) is 3.53. The van der Waals surface area contributed by atoms with E-state index in [1.54, 1.807) is 36.3 Å². The summed E-state index contributed by atoms with van der Waals surface area (Å²) in [6.07, 6.45) is 6.70. The quantitative estimate of drug-likeness (QED) is 0.590. The second-order valence-corrected chi connectivity index (χ2v) is 5.51. The maximum absolute atomic E-state index is 12.1. The molecule has 0 unspecified atom stereocenters. The first-order valence-corrected chi connectivity index (χ1v) is 8.32. The Labute approximate surface area is 156 Å². The van der Waals surface area contributed by atoms with E-state index in [-0.39, 0.29) is 6.03 Å². The fourth-order valence-corrected chi connectivity index (χ4v) is 2.23. The molecule has 0 fully saturated rings. The van der Waals surface area contributed by atoms with Crippen LogP contribution in [0, 0.1) is 0 Å². The molecule has 0 saturated carbocycles. The van der Waals surface area contributed by atoms with E-state index in [2.05, 4.69) is 25.7 Å². The molecule has 3 heterocycles. The molecule has 0 aromatic carbocycles. The number of anilines is 1. The Kier molecular flexibility index (Phi) is 6.31. The minimum absolute atomic E-state index is 0.331. The minimum atomic E-state index is -0.331. The Balaban J connectivity index is 1.49. The Morgan fingerprint density at radius 1 is 1.19 bits per heavy atom. The number of ether oxygens (including phenoxy) is 2. The first-order chi connectivity index (χ1) is 13.2. The predicted molar refractivity (Wildman–Crippen MR) is 98.8 cm³/mol. The molecule has 140 valence electrons. The number of nitrogens with one attached hydrogen (secondary N) is 2. The lowest BCUT2D eigenvalue weighted by Gasteiger charge is -2.09. The van der Waals surface area contributed by atoms with Gasteiger partial charge in [-0.15, -0.1) is 0 Å². The van der Waals surface area contributed by atoms with Gasteiger partial charge in [-0.1, -0.05) is 0 Å². The normalized spacial score (nSPS) is 10.4. The second-order valence-electron chi connectivity index (χ2n) is 5.51. The summed E-state index contributed by atoms with van der Waals surface area (Å²) in [5.41, 5.74) is 1.48. The van der Waals surface area contributed by atoms with Gasteiger partial charge < -0.3 is 20.1 Å². The molecule has 3 aromatic heterocycles. The topological polar surface area (TPSA) is 103 Å². The average Bonchev–Trinajstić information content (AvgIpc) is 3.23. The predicted octanol–water partition coefficient (Wildman–Crippen LogP) is 2.01. The standard InChI is InChI=1S/C18H20N6O3/c1-26-9-10-27-17-4-3-15(13-20-17)23-18(25)21-12-14-5-7-19-16(11-14)24-8-2-6-22-24/h2-8,11,13H,9-10,12H2,1H3,(H2,21,23,25). The molecule has 0 aliphatic rings. The van der Waals surface area contributed by atoms with Gasteiger partial charge in [-0.2, -0.15) is 5.10 Å². The SMILES string of the molecule is COCCOc1ccc(NC(=O)NCc2ccnc(-n3cccn3)c2)cn1. The van der Waals surface area contributed by atoms with E-state index in [9.17, 15) is 4.79 Å². The van der Waals surface area contributed by atoms with Crippen molar-refractivity contribution in [2.24, 2.45) is 0 Å². The fourth-order valence-electron chi connectivity index (χ4n) is 2.23. The van der Waals surface area contributed by atoms with Crippen LogP contribution >= 0.6 is 0 Å². The zero-order valence-corrected chi connectivity index (χ0v) is 14.8. The smallest absolute Gasteiger partial charge is 0.319 e. The average molecular weight is 368 g/mol. The van der Waals surface area contributed by atoms with Gasteiger partial charge in [0.2, 0.25) is 5.88 Å². The van der Waals surface area contributed by atoms with Crippen LogP contribution in [0.25, 0.3) is 5.82 Å². The molecule has 2 N–H and O–H groups in total. The van der Waals surface area contributed by atoms with E-state index in [0.29, 0.717) is 37.1 Å². The highest BCUT2D eigenvalue weighted by atomic mass is 16.5. The van der Waals surface area contributed by atoms with Gasteiger partial charge in [0.15, 0.2) is 5.82 Å². The van der Waals surface area contributed by atoms with Crippen molar-refractivity contribution in [3.63, 3.8) is 0 Å². The van der Waals surface area contributed by atoms with Crippen molar-refractivity contribution >= 4 is 11.7 Å². The van der Waals surface area contributed by atoms with Crippen LogP contribution in [0.15, 0.2) is 55.1 Å². The van der Waals surface area contributed by atoms with E-state index in [0.717, 1.165) is 5.56 Å². The highest BCUT2D eigenvalue weighted by Crippen LogP contribution is 2.11. The van der Waals surface area contributed by atoms with Gasteiger partial charge in [-0.05, 0) is 29.8 Å². The third kappa shape index (κ3) is 5.51. The summed E-state index contributed by atoms with van der Waals surface area (Å²) in [5, 5.41) is 9.66. The molecule has 3 aromatic rings. The molecule has 3 rings (SSSR count). The van der Waals surface area contributed by atoms with E-state index in [1.807, 2.05) is 24.4 Å². The highest BCUT2D eigenvalue weighted by Gasteiger charge is 2.05. The molecule has 2 amide bonds. The summed E-state index contributed by atoms with van der Waals surface area (Å²) in [7, 11) is 1.60. The first-order valence-electron chi connectivity index (χ1n) is 8.32. The molecule has 0 atom stereocenters. The van der Waals surface area contributed by atoms with Crippen molar-refractivity contribution in [1.29, 1.82) is 0 Å². The maximum atomic E-state index is 12.1. The minimum Gasteiger partial charge on any atom is -0.475 e. The van der Waals surface area contributed by atoms with Crippen LogP contribution in [0.3, 0.4) is 0 Å². The molecule has 0 spiro atoms. The Bertz CT molecular complexity index is 852. The zero-order valence-electron chi connectivity index (χ0n) is 14.8. The van der Waals surface area contributed by atoms with Crippen LogP contribution < -0.4 is 15.4 Å². The summed E-state index contributed by atoms with van der Waals surface area (Å²) in [6.45, 7) is 1.26.